The third-order valence-electron chi connectivity index (χ3n) is 4.40. The molecule has 2 nitrogen and oxygen atoms in total. The molecule has 23 heavy (non-hydrogen) atoms. The fourth-order valence-corrected chi connectivity index (χ4v) is 3.25. The number of benzene rings is 2. The molecule has 0 aliphatic heterocycles. The van der Waals surface area contributed by atoms with Crippen molar-refractivity contribution in [2.45, 2.75) is 32.6 Å². The second-order valence-corrected chi connectivity index (χ2v) is 6.40. The first-order valence-corrected chi connectivity index (χ1v) is 8.70. The number of halogens is 1. The number of nitrogens with one attached hydrogen (secondary N) is 1. The topological polar surface area (TPSA) is 41.8 Å². The smallest absolute Gasteiger partial charge is 0.0497 e. The molecule has 1 heterocycles. The molecule has 0 aliphatic rings. The molecule has 3 rings (SSSR count). The molecular weight excluding hydrogens is 304 g/mol. The van der Waals surface area contributed by atoms with Crippen LogP contribution in [0, 0.1) is 0 Å². The zero-order chi connectivity index (χ0) is 16.2. The van der Waals surface area contributed by atoms with E-state index in [1.165, 1.54) is 27.8 Å². The Labute approximate surface area is 142 Å². The van der Waals surface area contributed by atoms with Crippen molar-refractivity contribution in [1.29, 1.82) is 0 Å². The lowest BCUT2D eigenvalue weighted by atomic mass is 9.99. The van der Waals surface area contributed by atoms with Crippen LogP contribution in [0.15, 0.2) is 42.5 Å². The van der Waals surface area contributed by atoms with Crippen LogP contribution in [0.3, 0.4) is 0 Å². The van der Waals surface area contributed by atoms with Crippen molar-refractivity contribution < 1.29 is 0 Å². The lowest BCUT2D eigenvalue weighted by molar-refractivity contribution is 0.748. The summed E-state index contributed by atoms with van der Waals surface area (Å²) in [5.74, 6) is 0. The van der Waals surface area contributed by atoms with Crippen LogP contribution in [0.5, 0.6) is 0 Å². The average Bonchev–Trinajstić information content (AvgIpc) is 2.93. The van der Waals surface area contributed by atoms with Crippen LogP contribution in [-0.2, 0) is 12.8 Å². The molecule has 0 saturated carbocycles. The van der Waals surface area contributed by atoms with Gasteiger partial charge < -0.3 is 10.7 Å². The predicted octanol–water partition coefficient (Wildman–Crippen LogP) is 5.33. The van der Waals surface area contributed by atoms with E-state index < -0.39 is 0 Å². The molecule has 3 aromatic rings. The maximum atomic E-state index is 6.21. The van der Waals surface area contributed by atoms with Gasteiger partial charge in [0.1, 0.15) is 0 Å². The second-order valence-electron chi connectivity index (χ2n) is 5.96. The molecule has 2 aromatic carbocycles. The Balaban J connectivity index is 2.07. The number of aryl methyl sites for hydroxylation is 2. The highest BCUT2D eigenvalue weighted by atomic mass is 35.5. The van der Waals surface area contributed by atoms with Crippen LogP contribution in [0.1, 0.15) is 30.9 Å². The van der Waals surface area contributed by atoms with E-state index in [4.69, 9.17) is 17.3 Å². The number of hydrogen-bond acceptors (Lipinski definition) is 1. The van der Waals surface area contributed by atoms with Crippen LogP contribution < -0.4 is 5.73 Å². The van der Waals surface area contributed by atoms with Crippen LogP contribution in [0.4, 0.5) is 0 Å². The fourth-order valence-electron chi connectivity index (χ4n) is 3.08. The molecule has 0 amide bonds. The standard InChI is InChI=1S/C20H23ClN2/c1-2-14-6-8-15(9-7-14)20-17(5-3-4-12-22)18-13-16(21)10-11-19(18)23-20/h6-11,13,23H,2-5,12,22H2,1H3. The van der Waals surface area contributed by atoms with E-state index >= 15 is 0 Å². The van der Waals surface area contributed by atoms with Crippen LogP contribution >= 0.6 is 11.6 Å². The van der Waals surface area contributed by atoms with E-state index in [1.807, 2.05) is 6.07 Å². The van der Waals surface area contributed by atoms with Gasteiger partial charge in [0, 0.05) is 21.6 Å². The summed E-state index contributed by atoms with van der Waals surface area (Å²) < 4.78 is 0. The maximum Gasteiger partial charge on any atom is 0.0497 e. The number of aromatic amines is 1. The van der Waals surface area contributed by atoms with Gasteiger partial charge in [-0.1, -0.05) is 42.8 Å². The Bertz CT molecular complexity index is 787. The number of fused-ring (bicyclic) bond motifs is 1. The van der Waals surface area contributed by atoms with Crippen LogP contribution in [0.25, 0.3) is 22.2 Å². The lowest BCUT2D eigenvalue weighted by Gasteiger charge is -2.06. The number of rotatable bonds is 6. The van der Waals surface area contributed by atoms with Gasteiger partial charge in [-0.25, -0.2) is 0 Å². The van der Waals surface area contributed by atoms with Gasteiger partial charge in [-0.3, -0.25) is 0 Å². The highest BCUT2D eigenvalue weighted by molar-refractivity contribution is 6.31. The molecule has 0 spiro atoms. The summed E-state index contributed by atoms with van der Waals surface area (Å²) in [5, 5.41) is 2.01. The van der Waals surface area contributed by atoms with E-state index in [2.05, 4.69) is 48.3 Å². The van der Waals surface area contributed by atoms with Crippen molar-refractivity contribution >= 4 is 22.5 Å². The SMILES string of the molecule is CCc1ccc(-c2[nH]c3ccc(Cl)cc3c2CCCCN)cc1. The first-order chi connectivity index (χ1) is 11.2. The van der Waals surface area contributed by atoms with Gasteiger partial charge in [-0.05, 0) is 67.1 Å². The second kappa shape index (κ2) is 7.20. The summed E-state index contributed by atoms with van der Waals surface area (Å²) in [6.45, 7) is 2.92. The summed E-state index contributed by atoms with van der Waals surface area (Å²) >= 11 is 6.21. The normalized spacial score (nSPS) is 11.3. The van der Waals surface area contributed by atoms with Gasteiger partial charge >= 0.3 is 0 Å². The van der Waals surface area contributed by atoms with Crippen molar-refractivity contribution in [3.63, 3.8) is 0 Å². The zero-order valence-electron chi connectivity index (χ0n) is 13.5. The Morgan fingerprint density at radius 3 is 2.52 bits per heavy atom. The molecule has 0 fully saturated rings. The summed E-state index contributed by atoms with van der Waals surface area (Å²) in [5.41, 5.74) is 12.0. The largest absolute Gasteiger partial charge is 0.354 e. The van der Waals surface area contributed by atoms with Gasteiger partial charge in [0.05, 0.1) is 0 Å². The molecule has 3 N–H and O–H groups in total. The summed E-state index contributed by atoms with van der Waals surface area (Å²) in [6, 6.07) is 14.9. The first kappa shape index (κ1) is 16.1. The van der Waals surface area contributed by atoms with E-state index in [0.29, 0.717) is 0 Å². The van der Waals surface area contributed by atoms with E-state index in [9.17, 15) is 0 Å². The minimum atomic E-state index is 0.740. The van der Waals surface area contributed by atoms with Crippen molar-refractivity contribution in [1.82, 2.24) is 4.98 Å². The minimum Gasteiger partial charge on any atom is -0.354 e. The Morgan fingerprint density at radius 2 is 1.83 bits per heavy atom. The van der Waals surface area contributed by atoms with E-state index in [-0.39, 0.29) is 0 Å². The number of nitrogens with two attached hydrogens (primary N) is 1. The van der Waals surface area contributed by atoms with Gasteiger partial charge in [0.25, 0.3) is 0 Å². The van der Waals surface area contributed by atoms with Crippen molar-refractivity contribution in [3.8, 4) is 11.3 Å². The third-order valence-corrected chi connectivity index (χ3v) is 4.64. The van der Waals surface area contributed by atoms with Gasteiger partial charge in [-0.2, -0.15) is 0 Å². The van der Waals surface area contributed by atoms with Gasteiger partial charge in [0.2, 0.25) is 0 Å². The number of aromatic nitrogens is 1. The Kier molecular flexibility index (Phi) is 5.04. The molecule has 0 unspecified atom stereocenters. The highest BCUT2D eigenvalue weighted by Gasteiger charge is 2.13. The highest BCUT2D eigenvalue weighted by Crippen LogP contribution is 2.33. The van der Waals surface area contributed by atoms with Gasteiger partial charge in [0.15, 0.2) is 0 Å². The van der Waals surface area contributed by atoms with Crippen LogP contribution in [0.2, 0.25) is 5.02 Å². The fraction of sp³-hybridized carbons (Fsp3) is 0.300. The molecule has 0 bridgehead atoms. The molecule has 120 valence electrons. The van der Waals surface area contributed by atoms with Crippen molar-refractivity contribution in [3.05, 3.63) is 58.6 Å². The minimum absolute atomic E-state index is 0.740. The molecule has 0 aliphatic carbocycles. The molecule has 3 heteroatoms. The van der Waals surface area contributed by atoms with Gasteiger partial charge in [-0.15, -0.1) is 0 Å². The molecule has 0 radical (unpaired) electrons. The maximum absolute atomic E-state index is 6.21. The van der Waals surface area contributed by atoms with Crippen molar-refractivity contribution in [2.75, 3.05) is 6.54 Å². The predicted molar refractivity (Wildman–Crippen MR) is 100 cm³/mol. The molecule has 0 saturated heterocycles. The zero-order valence-corrected chi connectivity index (χ0v) is 14.3. The number of hydrogen-bond donors (Lipinski definition) is 2. The number of H-pyrrole nitrogens is 1. The summed E-state index contributed by atoms with van der Waals surface area (Å²) in [6.07, 6.45) is 4.21. The van der Waals surface area contributed by atoms with E-state index in [0.717, 1.165) is 42.8 Å². The third kappa shape index (κ3) is 3.44. The Morgan fingerprint density at radius 1 is 1.04 bits per heavy atom. The molecule has 1 aromatic heterocycles. The Hall–Kier alpha value is -1.77. The lowest BCUT2D eigenvalue weighted by Crippen LogP contribution is -1.99. The van der Waals surface area contributed by atoms with E-state index in [1.54, 1.807) is 0 Å². The number of unbranched alkanes of at least 4 members (excludes halogenated alkanes) is 1. The average molecular weight is 327 g/mol. The first-order valence-electron chi connectivity index (χ1n) is 8.32. The molecule has 0 atom stereocenters. The monoisotopic (exact) mass is 326 g/mol. The quantitative estimate of drug-likeness (QED) is 0.590. The summed E-state index contributed by atoms with van der Waals surface area (Å²) in [7, 11) is 0. The van der Waals surface area contributed by atoms with Crippen molar-refractivity contribution in [2.24, 2.45) is 5.73 Å². The molecular formula is C20H23ClN2. The van der Waals surface area contributed by atoms with Crippen LogP contribution in [-0.4, -0.2) is 11.5 Å². The summed E-state index contributed by atoms with van der Waals surface area (Å²) in [4.78, 5) is 3.58.